The van der Waals surface area contributed by atoms with Crippen molar-refractivity contribution in [2.45, 2.75) is 71.1 Å². The van der Waals surface area contributed by atoms with Crippen molar-refractivity contribution in [1.29, 1.82) is 1.12 Å². The minimum Gasteiger partial charge on any atom is -0.197 e. The van der Waals surface area contributed by atoms with Gasteiger partial charge in [-0.15, -0.1) is 0 Å². The van der Waals surface area contributed by atoms with Crippen LogP contribution in [0, 0.1) is 0 Å². The lowest BCUT2D eigenvalue weighted by atomic mass is 10.1. The first-order valence-electron chi connectivity index (χ1n) is 6.47. The monoisotopic (exact) mass is 237 g/mol. The molecule has 0 saturated carbocycles. The summed E-state index contributed by atoms with van der Waals surface area (Å²) in [5.74, 6) is 1.07. The highest BCUT2D eigenvalue weighted by molar-refractivity contribution is 7.80. The van der Waals surface area contributed by atoms with Crippen LogP contribution in [0.4, 0.5) is 0 Å². The predicted octanol–water partition coefficient (Wildman–Crippen LogP) is 4.95. The van der Waals surface area contributed by atoms with Crippen LogP contribution in [0.1, 0.15) is 71.1 Å². The molecule has 0 aliphatic carbocycles. The Morgan fingerprint density at radius 1 is 0.786 bits per heavy atom. The first-order valence-corrected chi connectivity index (χ1v) is 6.66. The van der Waals surface area contributed by atoms with Crippen LogP contribution in [0.2, 0.25) is 0 Å². The summed E-state index contributed by atoms with van der Waals surface area (Å²) in [6, 6.07) is 0. The number of rotatable bonds is 10. The van der Waals surface area contributed by atoms with Gasteiger partial charge in [-0.1, -0.05) is 64.7 Å². The zero-order valence-electron chi connectivity index (χ0n) is 10.7. The molecule has 0 aromatic rings. The van der Waals surface area contributed by atoms with Gasteiger partial charge in [-0.3, -0.25) is 0 Å². The molecule has 0 aromatic heterocycles. The molecule has 0 saturated heterocycles. The molecule has 0 aromatic carbocycles. The maximum atomic E-state index is 5.44. The average Bonchev–Trinajstić information content (AvgIpc) is 2.30. The Balaban J connectivity index is 0. The number of hydrogen-bond acceptors (Lipinski definition) is 1. The van der Waals surface area contributed by atoms with Crippen molar-refractivity contribution in [2.75, 3.05) is 5.75 Å². The van der Waals surface area contributed by atoms with Crippen molar-refractivity contribution >= 4 is 26.0 Å². The molecule has 0 amide bonds. The topological polar surface area (TPSA) is 0 Å². The highest BCUT2D eigenvalue weighted by Crippen LogP contribution is 2.10. The Kier molecular flexibility index (Phi) is 16.9. The maximum absolute atomic E-state index is 5.44. The van der Waals surface area contributed by atoms with E-state index in [4.69, 9.17) is 1.12 Å². The second-order valence-electron chi connectivity index (χ2n) is 3.91. The molecule has 0 atom stereocenters. The number of thiol groups is 1. The molecule has 0 radical (unpaired) electrons. The van der Waals surface area contributed by atoms with Crippen LogP contribution >= 0.6 is 26.0 Å². The summed E-state index contributed by atoms with van der Waals surface area (Å²) in [6.45, 7) is 2.28. The average molecular weight is 237 g/mol. The molecule has 0 aliphatic heterocycles. The summed E-state index contributed by atoms with van der Waals surface area (Å²) >= 11 is 6.98. The van der Waals surface area contributed by atoms with E-state index in [-0.39, 0.29) is 0 Å². The summed E-state index contributed by atoms with van der Waals surface area (Å²) in [5.41, 5.74) is 0. The molecule has 0 N–H and O–H groups in total. The van der Waals surface area contributed by atoms with Crippen LogP contribution in [-0.4, -0.2) is 6.88 Å². The van der Waals surface area contributed by atoms with Crippen molar-refractivity contribution in [2.24, 2.45) is 0 Å². The van der Waals surface area contributed by atoms with Crippen LogP contribution in [0.5, 0.6) is 0 Å². The summed E-state index contributed by atoms with van der Waals surface area (Å²) in [6.07, 6.45) is 14.2. The fourth-order valence-electron chi connectivity index (χ4n) is 1.60. The zero-order valence-corrected chi connectivity index (χ0v) is 11.5. The fraction of sp³-hybridized carbons (Fsp3) is 1.00. The molecule has 0 nitrogen and oxygen atoms in total. The summed E-state index contributed by atoms with van der Waals surface area (Å²) in [4.78, 5) is 0. The Morgan fingerprint density at radius 2 is 1.14 bits per heavy atom. The molecule has 0 aliphatic rings. The molecule has 0 spiro atoms. The van der Waals surface area contributed by atoms with Crippen LogP contribution in [0.25, 0.3) is 0 Å². The SMILES string of the molecule is CCCCCCCCCCCCS.[2H]S. The van der Waals surface area contributed by atoms with Gasteiger partial charge in [0.25, 0.3) is 0 Å². The lowest BCUT2D eigenvalue weighted by molar-refractivity contribution is 0.563. The molecule has 0 bridgehead atoms. The first kappa shape index (κ1) is 14.7. The van der Waals surface area contributed by atoms with Crippen molar-refractivity contribution in [1.82, 2.24) is 0 Å². The van der Waals surface area contributed by atoms with E-state index in [2.05, 4.69) is 33.0 Å². The highest BCUT2D eigenvalue weighted by Gasteiger charge is 1.91. The maximum Gasteiger partial charge on any atom is 0.0985 e. The van der Waals surface area contributed by atoms with Gasteiger partial charge in [0.2, 0.25) is 0 Å². The van der Waals surface area contributed by atoms with E-state index in [1.54, 1.807) is 0 Å². The lowest BCUT2D eigenvalue weighted by Crippen LogP contribution is -1.81. The molecule has 0 heterocycles. The van der Waals surface area contributed by atoms with E-state index < -0.39 is 0 Å². The Hall–Kier alpha value is 0.700. The van der Waals surface area contributed by atoms with Gasteiger partial charge < -0.3 is 0 Å². The van der Waals surface area contributed by atoms with Crippen LogP contribution < -0.4 is 0 Å². The molecular weight excluding hydrogens is 208 g/mol. The molecule has 2 heteroatoms. The third-order valence-corrected chi connectivity index (χ3v) is 2.83. The molecule has 0 unspecified atom stereocenters. The van der Waals surface area contributed by atoms with Crippen LogP contribution in [0.3, 0.4) is 0 Å². The third kappa shape index (κ3) is 15.2. The van der Waals surface area contributed by atoms with Crippen LogP contribution in [-0.2, 0) is 0 Å². The van der Waals surface area contributed by atoms with Crippen molar-refractivity contribution in [3.8, 4) is 0 Å². The normalized spacial score (nSPS) is 10.4. The Bertz CT molecular complexity index is 79.7. The minimum atomic E-state index is 1.07. The third-order valence-electron chi connectivity index (χ3n) is 2.51. The van der Waals surface area contributed by atoms with Gasteiger partial charge in [0.15, 0.2) is 0 Å². The van der Waals surface area contributed by atoms with E-state index in [0.717, 1.165) is 5.75 Å². The standard InChI is InChI=1S/C12H26S.H2S/c1-2-3-4-5-6-7-8-9-10-11-12-13;/h13H,2-12H2,1H3;1H2/i/hD. The first-order chi connectivity index (χ1) is 7.41. The van der Waals surface area contributed by atoms with Crippen molar-refractivity contribution in [3.05, 3.63) is 0 Å². The molecule has 0 rings (SSSR count). The lowest BCUT2D eigenvalue weighted by Gasteiger charge is -2.00. The van der Waals surface area contributed by atoms with E-state index in [0.29, 0.717) is 0 Å². The van der Waals surface area contributed by atoms with Crippen LogP contribution in [0.15, 0.2) is 0 Å². The largest absolute Gasteiger partial charge is 0.197 e. The Labute approximate surface area is 104 Å². The van der Waals surface area contributed by atoms with Crippen molar-refractivity contribution in [3.63, 3.8) is 0 Å². The van der Waals surface area contributed by atoms with E-state index in [9.17, 15) is 0 Å². The van der Waals surface area contributed by atoms with Gasteiger partial charge in [0.1, 0.15) is 0 Å². The second kappa shape index (κ2) is 16.1. The van der Waals surface area contributed by atoms with E-state index >= 15 is 0 Å². The summed E-state index contributed by atoms with van der Waals surface area (Å²) in [7, 11) is 0. The van der Waals surface area contributed by atoms with Crippen molar-refractivity contribution < 1.29 is 0 Å². The second-order valence-corrected chi connectivity index (χ2v) is 4.35. The minimum absolute atomic E-state index is 1.07. The fourth-order valence-corrected chi connectivity index (χ4v) is 1.82. The molecule has 0 fully saturated rings. The number of hydrogen-bond donors (Lipinski definition) is 1. The van der Waals surface area contributed by atoms with Gasteiger partial charge in [0, 0.05) is 0 Å². The Morgan fingerprint density at radius 3 is 1.50 bits per heavy atom. The molecule has 88 valence electrons. The highest BCUT2D eigenvalue weighted by atomic mass is 32.1. The van der Waals surface area contributed by atoms with E-state index in [1.807, 2.05) is 0 Å². The summed E-state index contributed by atoms with van der Waals surface area (Å²) < 4.78 is 5.44. The number of unbranched alkanes of at least 4 members (excludes halogenated alkanes) is 9. The van der Waals surface area contributed by atoms with E-state index in [1.165, 1.54) is 64.2 Å². The van der Waals surface area contributed by atoms with Gasteiger partial charge >= 0.3 is 0 Å². The predicted molar refractivity (Wildman–Crippen MR) is 76.1 cm³/mol. The zero-order chi connectivity index (χ0) is 11.8. The smallest absolute Gasteiger partial charge is 0.0985 e. The molecular formula is C12H28S2. The van der Waals surface area contributed by atoms with Gasteiger partial charge in [-0.2, -0.15) is 26.0 Å². The molecule has 14 heavy (non-hydrogen) atoms. The van der Waals surface area contributed by atoms with Gasteiger partial charge in [0.05, 0.1) is 1.12 Å². The van der Waals surface area contributed by atoms with Gasteiger partial charge in [-0.05, 0) is 12.2 Å². The quantitative estimate of drug-likeness (QED) is 0.403. The summed E-state index contributed by atoms with van der Waals surface area (Å²) in [5, 5.41) is 0. The van der Waals surface area contributed by atoms with Gasteiger partial charge in [-0.25, -0.2) is 0 Å².